The van der Waals surface area contributed by atoms with Gasteiger partial charge in [0, 0.05) is 50.7 Å². The molecule has 0 saturated carbocycles. The molecule has 0 amide bonds. The van der Waals surface area contributed by atoms with Gasteiger partial charge < -0.3 is 20.6 Å². The molecule has 3 aromatic rings. The summed E-state index contributed by atoms with van der Waals surface area (Å²) >= 11 is 0. The van der Waals surface area contributed by atoms with Crippen LogP contribution in [0.3, 0.4) is 0 Å². The maximum atomic E-state index is 10.4. The molecular formula is C20H23N7O. The van der Waals surface area contributed by atoms with Gasteiger partial charge in [-0.05, 0) is 30.7 Å². The van der Waals surface area contributed by atoms with Crippen LogP contribution in [0.1, 0.15) is 12.5 Å². The van der Waals surface area contributed by atoms with Crippen molar-refractivity contribution in [2.45, 2.75) is 19.5 Å². The van der Waals surface area contributed by atoms with Crippen molar-refractivity contribution >= 4 is 11.5 Å². The van der Waals surface area contributed by atoms with Crippen LogP contribution < -0.4 is 15.5 Å². The second kappa shape index (κ2) is 8.18. The summed E-state index contributed by atoms with van der Waals surface area (Å²) < 4.78 is 0. The van der Waals surface area contributed by atoms with Crippen molar-refractivity contribution < 1.29 is 5.11 Å². The molecule has 8 nitrogen and oxygen atoms in total. The lowest BCUT2D eigenvalue weighted by atomic mass is 10.2. The normalized spacial score (nSPS) is 16.8. The average molecular weight is 377 g/mol. The van der Waals surface area contributed by atoms with E-state index in [1.165, 1.54) is 0 Å². The minimum Gasteiger partial charge on any atom is -0.506 e. The molecule has 4 heterocycles. The Morgan fingerprint density at radius 2 is 2.18 bits per heavy atom. The molecule has 1 atom stereocenters. The molecular weight excluding hydrogens is 354 g/mol. The largest absolute Gasteiger partial charge is 0.506 e. The zero-order chi connectivity index (χ0) is 19.3. The molecule has 1 fully saturated rings. The molecule has 0 aromatic carbocycles. The Labute approximate surface area is 163 Å². The van der Waals surface area contributed by atoms with E-state index in [4.69, 9.17) is 0 Å². The summed E-state index contributed by atoms with van der Waals surface area (Å²) in [5, 5.41) is 25.6. The van der Waals surface area contributed by atoms with Crippen molar-refractivity contribution in [1.29, 1.82) is 0 Å². The first-order chi connectivity index (χ1) is 13.7. The second-order valence-corrected chi connectivity index (χ2v) is 6.88. The number of aromatic hydroxyl groups is 1. The SMILES string of the molecule is CC1CN(c2ccc(-c3ncc(NCc4cccnc4)cc3O)nn2)CCN1. The van der Waals surface area contributed by atoms with Gasteiger partial charge in [0.2, 0.25) is 0 Å². The van der Waals surface area contributed by atoms with Crippen molar-refractivity contribution in [3.05, 3.63) is 54.5 Å². The molecule has 1 saturated heterocycles. The lowest BCUT2D eigenvalue weighted by Crippen LogP contribution is -2.49. The highest BCUT2D eigenvalue weighted by Gasteiger charge is 2.18. The van der Waals surface area contributed by atoms with E-state index in [1.54, 1.807) is 24.7 Å². The predicted molar refractivity (Wildman–Crippen MR) is 108 cm³/mol. The highest BCUT2D eigenvalue weighted by atomic mass is 16.3. The summed E-state index contributed by atoms with van der Waals surface area (Å²) in [6.45, 7) is 5.49. The number of piperazine rings is 1. The van der Waals surface area contributed by atoms with Crippen molar-refractivity contribution in [3.8, 4) is 17.1 Å². The van der Waals surface area contributed by atoms with Crippen LogP contribution >= 0.6 is 0 Å². The fourth-order valence-electron chi connectivity index (χ4n) is 3.21. The van der Waals surface area contributed by atoms with Gasteiger partial charge in [-0.1, -0.05) is 6.07 Å². The quantitative estimate of drug-likeness (QED) is 0.621. The first kappa shape index (κ1) is 18.1. The summed E-state index contributed by atoms with van der Waals surface area (Å²) in [5.41, 5.74) is 2.74. The van der Waals surface area contributed by atoms with Gasteiger partial charge in [0.25, 0.3) is 0 Å². The van der Waals surface area contributed by atoms with E-state index in [1.807, 2.05) is 24.3 Å². The molecule has 0 bridgehead atoms. The second-order valence-electron chi connectivity index (χ2n) is 6.88. The molecule has 3 N–H and O–H groups in total. The van der Waals surface area contributed by atoms with E-state index < -0.39 is 0 Å². The maximum absolute atomic E-state index is 10.4. The zero-order valence-corrected chi connectivity index (χ0v) is 15.7. The first-order valence-corrected chi connectivity index (χ1v) is 9.33. The van der Waals surface area contributed by atoms with Crippen LogP contribution in [-0.4, -0.2) is 50.9 Å². The maximum Gasteiger partial charge on any atom is 0.151 e. The van der Waals surface area contributed by atoms with Gasteiger partial charge >= 0.3 is 0 Å². The monoisotopic (exact) mass is 377 g/mol. The first-order valence-electron chi connectivity index (χ1n) is 9.33. The van der Waals surface area contributed by atoms with Crippen molar-refractivity contribution in [1.82, 2.24) is 25.5 Å². The smallest absolute Gasteiger partial charge is 0.151 e. The van der Waals surface area contributed by atoms with Crippen LogP contribution in [0, 0.1) is 0 Å². The number of hydrogen-bond acceptors (Lipinski definition) is 8. The zero-order valence-electron chi connectivity index (χ0n) is 15.7. The molecule has 4 rings (SSSR count). The van der Waals surface area contributed by atoms with Crippen LogP contribution in [0.4, 0.5) is 11.5 Å². The molecule has 3 aromatic heterocycles. The Bertz CT molecular complexity index is 918. The third kappa shape index (κ3) is 4.17. The topological polar surface area (TPSA) is 99.1 Å². The van der Waals surface area contributed by atoms with Crippen LogP contribution in [0.5, 0.6) is 5.75 Å². The van der Waals surface area contributed by atoms with Gasteiger partial charge in [0.1, 0.15) is 17.1 Å². The fourth-order valence-corrected chi connectivity index (χ4v) is 3.21. The average Bonchev–Trinajstić information content (AvgIpc) is 2.73. The Kier molecular flexibility index (Phi) is 5.29. The lowest BCUT2D eigenvalue weighted by molar-refractivity contribution is 0.475. The van der Waals surface area contributed by atoms with E-state index in [0.29, 0.717) is 24.0 Å². The van der Waals surface area contributed by atoms with Gasteiger partial charge in [0.15, 0.2) is 5.82 Å². The van der Waals surface area contributed by atoms with Crippen LogP contribution in [-0.2, 0) is 6.54 Å². The summed E-state index contributed by atoms with van der Waals surface area (Å²) in [4.78, 5) is 10.7. The third-order valence-corrected chi connectivity index (χ3v) is 4.67. The van der Waals surface area contributed by atoms with Crippen molar-refractivity contribution in [2.24, 2.45) is 0 Å². The predicted octanol–water partition coefficient (Wildman–Crippen LogP) is 2.05. The molecule has 8 heteroatoms. The van der Waals surface area contributed by atoms with Gasteiger partial charge in [-0.15, -0.1) is 10.2 Å². The van der Waals surface area contributed by atoms with Crippen molar-refractivity contribution in [3.63, 3.8) is 0 Å². The highest BCUT2D eigenvalue weighted by Crippen LogP contribution is 2.28. The molecule has 1 aliphatic heterocycles. The van der Waals surface area contributed by atoms with E-state index in [-0.39, 0.29) is 5.75 Å². The molecule has 0 spiro atoms. The minimum absolute atomic E-state index is 0.0639. The summed E-state index contributed by atoms with van der Waals surface area (Å²) in [7, 11) is 0. The third-order valence-electron chi connectivity index (χ3n) is 4.67. The molecule has 1 aliphatic rings. The van der Waals surface area contributed by atoms with E-state index in [0.717, 1.165) is 36.7 Å². The van der Waals surface area contributed by atoms with Crippen molar-refractivity contribution in [2.75, 3.05) is 29.9 Å². The summed E-state index contributed by atoms with van der Waals surface area (Å²) in [6.07, 6.45) is 5.21. The molecule has 0 radical (unpaired) electrons. The lowest BCUT2D eigenvalue weighted by Gasteiger charge is -2.32. The van der Waals surface area contributed by atoms with Gasteiger partial charge in [0.05, 0.1) is 11.9 Å². The number of nitrogens with one attached hydrogen (secondary N) is 2. The number of nitrogens with zero attached hydrogens (tertiary/aromatic N) is 5. The van der Waals surface area contributed by atoms with Gasteiger partial charge in [-0.25, -0.2) is 4.98 Å². The number of rotatable bonds is 5. The van der Waals surface area contributed by atoms with Gasteiger partial charge in [-0.3, -0.25) is 4.98 Å². The Balaban J connectivity index is 1.45. The molecule has 0 aliphatic carbocycles. The Hall–Kier alpha value is -3.26. The highest BCUT2D eigenvalue weighted by molar-refractivity contribution is 5.65. The van der Waals surface area contributed by atoms with E-state index >= 15 is 0 Å². The Morgan fingerprint density at radius 1 is 1.25 bits per heavy atom. The van der Waals surface area contributed by atoms with Crippen LogP contribution in [0.2, 0.25) is 0 Å². The van der Waals surface area contributed by atoms with Gasteiger partial charge in [-0.2, -0.15) is 0 Å². The Morgan fingerprint density at radius 3 is 2.89 bits per heavy atom. The fraction of sp³-hybridized carbons (Fsp3) is 0.300. The van der Waals surface area contributed by atoms with Crippen LogP contribution in [0.25, 0.3) is 11.4 Å². The number of hydrogen-bond donors (Lipinski definition) is 3. The van der Waals surface area contributed by atoms with E-state index in [2.05, 4.69) is 42.6 Å². The molecule has 1 unspecified atom stereocenters. The van der Waals surface area contributed by atoms with Crippen LogP contribution in [0.15, 0.2) is 48.9 Å². The summed E-state index contributed by atoms with van der Waals surface area (Å²) in [6, 6.07) is 9.71. The standard InChI is InChI=1S/C20H23N7O/c1-14-13-27(8-7-22-14)19-5-4-17(25-26-19)20-18(28)9-16(12-24-20)23-11-15-3-2-6-21-10-15/h2-6,9-10,12,14,22-23,28H,7-8,11,13H2,1H3. The molecule has 144 valence electrons. The number of aromatic nitrogens is 4. The number of anilines is 2. The summed E-state index contributed by atoms with van der Waals surface area (Å²) in [5.74, 6) is 0.903. The number of pyridine rings is 2. The molecule has 28 heavy (non-hydrogen) atoms. The minimum atomic E-state index is 0.0639. The van der Waals surface area contributed by atoms with E-state index in [9.17, 15) is 5.11 Å².